The van der Waals surface area contributed by atoms with Crippen LogP contribution in [0.4, 0.5) is 0 Å². The number of hydrogen-bond acceptors (Lipinski definition) is 3. The molecule has 0 unspecified atom stereocenters. The van der Waals surface area contributed by atoms with Gasteiger partial charge in [0.1, 0.15) is 5.75 Å². The Morgan fingerprint density at radius 3 is 2.84 bits per heavy atom. The molecule has 0 spiro atoms. The fraction of sp³-hybridized carbons (Fsp3) is 0.533. The van der Waals surface area contributed by atoms with Crippen LogP contribution in [0.2, 0.25) is 0 Å². The van der Waals surface area contributed by atoms with Crippen molar-refractivity contribution in [3.63, 3.8) is 0 Å². The smallest absolute Gasteiger partial charge is 0.258 e. The fourth-order valence-electron chi connectivity index (χ4n) is 2.56. The lowest BCUT2D eigenvalue weighted by atomic mass is 10.1. The molecule has 1 aromatic carbocycles. The van der Waals surface area contributed by atoms with Crippen molar-refractivity contribution in [2.45, 2.75) is 45.2 Å². The zero-order valence-electron chi connectivity index (χ0n) is 11.4. The van der Waals surface area contributed by atoms with Gasteiger partial charge in [0.15, 0.2) is 6.61 Å². The summed E-state index contributed by atoms with van der Waals surface area (Å²) in [6.45, 7) is 2.44. The number of nitrogens with one attached hydrogen (secondary N) is 1. The Morgan fingerprint density at radius 2 is 2.16 bits per heavy atom. The van der Waals surface area contributed by atoms with Crippen LogP contribution in [0, 0.1) is 6.92 Å². The molecular weight excluding hydrogens is 240 g/mol. The van der Waals surface area contributed by atoms with Gasteiger partial charge in [-0.15, -0.1) is 0 Å². The minimum absolute atomic E-state index is 0.0434. The average Bonchev–Trinajstić information content (AvgIpc) is 2.89. The molecule has 1 aromatic rings. The topological polar surface area (TPSA) is 64.3 Å². The summed E-state index contributed by atoms with van der Waals surface area (Å²) in [5.41, 5.74) is 7.63. The molecule has 0 radical (unpaired) electrons. The first-order valence-electron chi connectivity index (χ1n) is 6.91. The average molecular weight is 262 g/mol. The maximum absolute atomic E-state index is 11.8. The molecule has 4 nitrogen and oxygen atoms in total. The first-order chi connectivity index (χ1) is 9.20. The van der Waals surface area contributed by atoms with Gasteiger partial charge < -0.3 is 15.8 Å². The van der Waals surface area contributed by atoms with Crippen LogP contribution in [0.5, 0.6) is 5.75 Å². The minimum Gasteiger partial charge on any atom is -0.483 e. The third-order valence-corrected chi connectivity index (χ3v) is 3.58. The van der Waals surface area contributed by atoms with Crippen LogP contribution in [0.1, 0.15) is 36.8 Å². The van der Waals surface area contributed by atoms with E-state index in [9.17, 15) is 4.79 Å². The van der Waals surface area contributed by atoms with E-state index < -0.39 is 0 Å². The highest BCUT2D eigenvalue weighted by molar-refractivity contribution is 5.78. The van der Waals surface area contributed by atoms with E-state index in [1.54, 1.807) is 0 Å². The fourth-order valence-corrected chi connectivity index (χ4v) is 2.56. The summed E-state index contributed by atoms with van der Waals surface area (Å²) >= 11 is 0. The van der Waals surface area contributed by atoms with Crippen LogP contribution < -0.4 is 15.8 Å². The second-order valence-electron chi connectivity index (χ2n) is 5.10. The predicted octanol–water partition coefficient (Wildman–Crippen LogP) is 1.89. The van der Waals surface area contributed by atoms with Gasteiger partial charge in [0, 0.05) is 18.2 Å². The molecule has 19 heavy (non-hydrogen) atoms. The van der Waals surface area contributed by atoms with Crippen LogP contribution in [0.15, 0.2) is 18.2 Å². The van der Waals surface area contributed by atoms with Crippen molar-refractivity contribution < 1.29 is 9.53 Å². The van der Waals surface area contributed by atoms with E-state index in [0.717, 1.165) is 29.7 Å². The van der Waals surface area contributed by atoms with Gasteiger partial charge in [-0.3, -0.25) is 4.79 Å². The van der Waals surface area contributed by atoms with Crippen LogP contribution in [0.3, 0.4) is 0 Å². The van der Waals surface area contributed by atoms with Gasteiger partial charge in [0.25, 0.3) is 5.91 Å². The number of nitrogens with two attached hydrogens (primary N) is 1. The molecule has 3 N–H and O–H groups in total. The van der Waals surface area contributed by atoms with Gasteiger partial charge in [-0.1, -0.05) is 31.0 Å². The molecule has 1 aliphatic rings. The number of amides is 1. The number of carbonyl (C=O) groups excluding carboxylic acids is 1. The lowest BCUT2D eigenvalue weighted by Gasteiger charge is -2.15. The molecule has 1 aliphatic carbocycles. The van der Waals surface area contributed by atoms with E-state index in [1.165, 1.54) is 12.8 Å². The van der Waals surface area contributed by atoms with Gasteiger partial charge in [0.05, 0.1) is 0 Å². The molecule has 4 heteroatoms. The Bertz CT molecular complexity index is 440. The molecule has 0 heterocycles. The van der Waals surface area contributed by atoms with Crippen molar-refractivity contribution in [3.05, 3.63) is 29.3 Å². The molecule has 0 saturated heterocycles. The molecule has 0 aliphatic heterocycles. The molecule has 1 fully saturated rings. The van der Waals surface area contributed by atoms with Gasteiger partial charge >= 0.3 is 0 Å². The van der Waals surface area contributed by atoms with E-state index in [2.05, 4.69) is 5.32 Å². The number of benzene rings is 1. The molecule has 104 valence electrons. The van der Waals surface area contributed by atoms with Crippen molar-refractivity contribution in [1.29, 1.82) is 0 Å². The van der Waals surface area contributed by atoms with Crippen LogP contribution in [-0.4, -0.2) is 18.6 Å². The molecular formula is C15H22N2O2. The molecule has 0 bridgehead atoms. The molecule has 1 saturated carbocycles. The van der Waals surface area contributed by atoms with Gasteiger partial charge in [-0.2, -0.15) is 0 Å². The lowest BCUT2D eigenvalue weighted by molar-refractivity contribution is -0.123. The number of para-hydroxylation sites is 1. The van der Waals surface area contributed by atoms with Crippen LogP contribution in [-0.2, 0) is 11.3 Å². The number of rotatable bonds is 5. The highest BCUT2D eigenvalue weighted by atomic mass is 16.5. The predicted molar refractivity (Wildman–Crippen MR) is 75.0 cm³/mol. The monoisotopic (exact) mass is 262 g/mol. The standard InChI is InChI=1S/C15H22N2O2/c1-11-5-4-6-12(9-16)15(11)19-10-14(18)17-13-7-2-3-8-13/h4-6,13H,2-3,7-10,16H2,1H3,(H,17,18). The molecule has 0 aromatic heterocycles. The molecule has 2 rings (SSSR count). The number of carbonyl (C=O) groups is 1. The van der Waals surface area contributed by atoms with E-state index in [0.29, 0.717) is 12.6 Å². The lowest BCUT2D eigenvalue weighted by Crippen LogP contribution is -2.36. The zero-order chi connectivity index (χ0) is 13.7. The Morgan fingerprint density at radius 1 is 1.42 bits per heavy atom. The minimum atomic E-state index is -0.0434. The Kier molecular flexibility index (Phi) is 4.80. The van der Waals surface area contributed by atoms with E-state index in [4.69, 9.17) is 10.5 Å². The summed E-state index contributed by atoms with van der Waals surface area (Å²) in [5, 5.41) is 3.01. The SMILES string of the molecule is Cc1cccc(CN)c1OCC(=O)NC1CCCC1. The van der Waals surface area contributed by atoms with Crippen molar-refractivity contribution in [3.8, 4) is 5.75 Å². The first kappa shape index (κ1) is 13.9. The highest BCUT2D eigenvalue weighted by Gasteiger charge is 2.17. The van der Waals surface area contributed by atoms with Crippen molar-refractivity contribution in [2.24, 2.45) is 5.73 Å². The zero-order valence-corrected chi connectivity index (χ0v) is 11.4. The second kappa shape index (κ2) is 6.57. The maximum Gasteiger partial charge on any atom is 0.258 e. The van der Waals surface area contributed by atoms with E-state index >= 15 is 0 Å². The van der Waals surface area contributed by atoms with E-state index in [-0.39, 0.29) is 12.5 Å². The largest absolute Gasteiger partial charge is 0.483 e. The third kappa shape index (κ3) is 3.70. The highest BCUT2D eigenvalue weighted by Crippen LogP contribution is 2.23. The quantitative estimate of drug-likeness (QED) is 0.851. The van der Waals surface area contributed by atoms with Crippen molar-refractivity contribution >= 4 is 5.91 Å². The summed E-state index contributed by atoms with van der Waals surface area (Å²) in [6.07, 6.45) is 4.59. The summed E-state index contributed by atoms with van der Waals surface area (Å²) < 4.78 is 5.64. The van der Waals surface area contributed by atoms with Gasteiger partial charge in [-0.05, 0) is 25.3 Å². The van der Waals surface area contributed by atoms with Crippen LogP contribution in [0.25, 0.3) is 0 Å². The Labute approximate surface area is 114 Å². The Balaban J connectivity index is 1.89. The summed E-state index contributed by atoms with van der Waals surface area (Å²) in [5.74, 6) is 0.699. The summed E-state index contributed by atoms with van der Waals surface area (Å²) in [7, 11) is 0. The number of hydrogen-bond donors (Lipinski definition) is 2. The number of aryl methyl sites for hydroxylation is 1. The van der Waals surface area contributed by atoms with Crippen LogP contribution >= 0.6 is 0 Å². The normalized spacial score (nSPS) is 15.5. The van der Waals surface area contributed by atoms with Crippen molar-refractivity contribution in [1.82, 2.24) is 5.32 Å². The third-order valence-electron chi connectivity index (χ3n) is 3.58. The van der Waals surface area contributed by atoms with E-state index in [1.807, 2.05) is 25.1 Å². The van der Waals surface area contributed by atoms with Gasteiger partial charge in [-0.25, -0.2) is 0 Å². The first-order valence-corrected chi connectivity index (χ1v) is 6.91. The van der Waals surface area contributed by atoms with Crippen molar-refractivity contribution in [2.75, 3.05) is 6.61 Å². The van der Waals surface area contributed by atoms with Gasteiger partial charge in [0.2, 0.25) is 0 Å². The Hall–Kier alpha value is -1.55. The number of ether oxygens (including phenoxy) is 1. The second-order valence-corrected chi connectivity index (χ2v) is 5.10. The maximum atomic E-state index is 11.8. The molecule has 0 atom stereocenters. The summed E-state index contributed by atoms with van der Waals surface area (Å²) in [4.78, 5) is 11.8. The molecule has 1 amide bonds. The summed E-state index contributed by atoms with van der Waals surface area (Å²) in [6, 6.07) is 6.17.